The number of alkyl halides is 1. The van der Waals surface area contributed by atoms with Gasteiger partial charge in [0.05, 0.1) is 31.3 Å². The van der Waals surface area contributed by atoms with Crippen LogP contribution in [0.3, 0.4) is 0 Å². The molecule has 9 unspecified atom stereocenters. The summed E-state index contributed by atoms with van der Waals surface area (Å²) in [4.78, 5) is 14.4. The topological polar surface area (TPSA) is 107 Å². The molecule has 1 heterocycles. The Labute approximate surface area is 240 Å². The van der Waals surface area contributed by atoms with Crippen molar-refractivity contribution in [1.29, 1.82) is 0 Å². The van der Waals surface area contributed by atoms with Crippen LogP contribution in [0, 0.1) is 17.8 Å². The van der Waals surface area contributed by atoms with Gasteiger partial charge < -0.3 is 14.6 Å². The molecule has 3 aliphatic rings. The van der Waals surface area contributed by atoms with Crippen LogP contribution in [0.2, 0.25) is 0 Å². The molecule has 0 bridgehead atoms. The smallest absolute Gasteiger partial charge is 0.243 e. The van der Waals surface area contributed by atoms with Crippen LogP contribution in [-0.4, -0.2) is 106 Å². The highest BCUT2D eigenvalue weighted by Gasteiger charge is 2.41. The Kier molecular flexibility index (Phi) is 12.8. The molecule has 0 aromatic heterocycles. The predicted octanol–water partition coefficient (Wildman–Crippen LogP) is 1.93. The fourth-order valence-electron chi connectivity index (χ4n) is 6.03. The normalized spacial score (nSPS) is 35.6. The van der Waals surface area contributed by atoms with Crippen LogP contribution in [0.25, 0.3) is 0 Å². The van der Waals surface area contributed by atoms with Gasteiger partial charge in [-0.1, -0.05) is 38.2 Å². The number of halogens is 1. The maximum Gasteiger partial charge on any atom is 0.243 e. The van der Waals surface area contributed by atoms with Crippen LogP contribution < -0.4 is 26.6 Å². The first-order valence-electron chi connectivity index (χ1n) is 14.4. The second kappa shape index (κ2) is 15.3. The summed E-state index contributed by atoms with van der Waals surface area (Å²) in [5, 5.41) is 17.4. The lowest BCUT2D eigenvalue weighted by Crippen LogP contribution is -2.72. The summed E-state index contributed by atoms with van der Waals surface area (Å²) < 4.78 is 18.9. The third-order valence-corrected chi connectivity index (χ3v) is 11.1. The van der Waals surface area contributed by atoms with Gasteiger partial charge in [0.2, 0.25) is 5.91 Å². The van der Waals surface area contributed by atoms with Gasteiger partial charge in [0, 0.05) is 43.4 Å². The molecule has 9 nitrogen and oxygen atoms in total. The number of nitrogens with zero attached hydrogens (tertiary/aromatic N) is 1. The average Bonchev–Trinajstić information content (AvgIpc) is 2.91. The van der Waals surface area contributed by atoms with Crippen LogP contribution in [0.5, 0.6) is 0 Å². The van der Waals surface area contributed by atoms with Crippen molar-refractivity contribution in [1.82, 2.24) is 31.5 Å². The molecule has 1 aliphatic heterocycles. The third-order valence-electron chi connectivity index (χ3n) is 8.45. The molecule has 0 radical (unpaired) electrons. The molecule has 2 aliphatic carbocycles. The summed E-state index contributed by atoms with van der Waals surface area (Å²) in [6.45, 7) is 11.8. The first-order chi connectivity index (χ1) is 18.5. The molecule has 3 rings (SSSR count). The Balaban J connectivity index is 1.67. The molecular weight excluding hydrogens is 535 g/mol. The third kappa shape index (κ3) is 9.55. The standard InChI is InChI=1S/C28H50ClN6O3P/c1-7-26(36)31-22-17-23(24(38-4)16-19(22)12-11-15-35(3)8-2)33-28-30-18-20(29)27(34-28)32-21-13-9-10-14-25(21)39(5,6)37/h7,19-25,27-28,30,32-34H,1,8-10,13-18H2,2-6H3,(H,31,36). The minimum Gasteiger partial charge on any atom is -0.380 e. The second-order valence-electron chi connectivity index (χ2n) is 11.7. The van der Waals surface area contributed by atoms with E-state index in [1.54, 1.807) is 7.11 Å². The Morgan fingerprint density at radius 2 is 1.95 bits per heavy atom. The Morgan fingerprint density at radius 1 is 1.21 bits per heavy atom. The van der Waals surface area contributed by atoms with Crippen LogP contribution in [0.1, 0.15) is 45.4 Å². The zero-order valence-corrected chi connectivity index (χ0v) is 26.0. The van der Waals surface area contributed by atoms with Crippen LogP contribution in [0.15, 0.2) is 12.7 Å². The summed E-state index contributed by atoms with van der Waals surface area (Å²) >= 11 is 6.74. The number of carbonyl (C=O) groups is 1. The van der Waals surface area contributed by atoms with Crippen molar-refractivity contribution in [2.75, 3.05) is 47.1 Å². The first-order valence-corrected chi connectivity index (χ1v) is 17.5. The van der Waals surface area contributed by atoms with E-state index in [1.165, 1.54) is 6.08 Å². The molecule has 222 valence electrons. The van der Waals surface area contributed by atoms with Crippen LogP contribution in [0.4, 0.5) is 0 Å². The van der Waals surface area contributed by atoms with Gasteiger partial charge >= 0.3 is 0 Å². The number of rotatable bonds is 10. The van der Waals surface area contributed by atoms with E-state index in [-0.39, 0.29) is 59.5 Å². The van der Waals surface area contributed by atoms with E-state index >= 15 is 0 Å². The van der Waals surface area contributed by atoms with Gasteiger partial charge in [-0.15, -0.1) is 11.6 Å². The van der Waals surface area contributed by atoms with Gasteiger partial charge in [0.1, 0.15) is 6.29 Å². The number of hydrogen-bond acceptors (Lipinski definition) is 8. The molecule has 1 amide bonds. The molecule has 5 N–H and O–H groups in total. The van der Waals surface area contributed by atoms with Crippen molar-refractivity contribution in [3.05, 3.63) is 12.7 Å². The minimum atomic E-state index is -2.22. The molecule has 0 aromatic rings. The van der Waals surface area contributed by atoms with Gasteiger partial charge in [-0.05, 0) is 58.7 Å². The quantitative estimate of drug-likeness (QED) is 0.115. The SMILES string of the molecule is C=CC(=O)NC1CC(NC2NCC(Cl)C(NC3CCCCC3P(C)(C)=O)N2)C(OC)CC1C#CCN(C)CC. The second-order valence-corrected chi connectivity index (χ2v) is 15.7. The van der Waals surface area contributed by atoms with Crippen molar-refractivity contribution in [3.63, 3.8) is 0 Å². The highest BCUT2D eigenvalue weighted by Crippen LogP contribution is 2.49. The monoisotopic (exact) mass is 584 g/mol. The summed E-state index contributed by atoms with van der Waals surface area (Å²) in [6, 6.07) is 0.0411. The lowest BCUT2D eigenvalue weighted by atomic mass is 9.79. The Morgan fingerprint density at radius 3 is 2.62 bits per heavy atom. The van der Waals surface area contributed by atoms with E-state index in [0.717, 1.165) is 32.2 Å². The van der Waals surface area contributed by atoms with E-state index in [1.807, 2.05) is 20.4 Å². The van der Waals surface area contributed by atoms with Crippen molar-refractivity contribution < 1.29 is 14.1 Å². The molecule has 0 spiro atoms. The lowest BCUT2D eigenvalue weighted by Gasteiger charge is -2.45. The molecular formula is C28H50ClN6O3P. The van der Waals surface area contributed by atoms with Crippen molar-refractivity contribution in [3.8, 4) is 11.8 Å². The summed E-state index contributed by atoms with van der Waals surface area (Å²) in [7, 11) is 1.55. The molecule has 3 fully saturated rings. The van der Waals surface area contributed by atoms with Gasteiger partial charge in [-0.2, -0.15) is 0 Å². The zero-order chi connectivity index (χ0) is 28.6. The van der Waals surface area contributed by atoms with E-state index < -0.39 is 7.14 Å². The van der Waals surface area contributed by atoms with Crippen LogP contribution in [-0.2, 0) is 14.1 Å². The highest BCUT2D eigenvalue weighted by molar-refractivity contribution is 7.63. The molecule has 2 saturated carbocycles. The molecule has 11 heteroatoms. The first kappa shape index (κ1) is 32.6. The van der Waals surface area contributed by atoms with E-state index in [2.05, 4.69) is 56.8 Å². The van der Waals surface area contributed by atoms with Gasteiger partial charge in [0.15, 0.2) is 0 Å². The van der Waals surface area contributed by atoms with Crippen molar-refractivity contribution >= 4 is 24.7 Å². The highest BCUT2D eigenvalue weighted by atomic mass is 35.5. The number of nitrogens with one attached hydrogen (secondary N) is 5. The number of methoxy groups -OCH3 is 1. The number of hydrogen-bond donors (Lipinski definition) is 5. The lowest BCUT2D eigenvalue weighted by molar-refractivity contribution is -0.118. The van der Waals surface area contributed by atoms with E-state index in [9.17, 15) is 9.36 Å². The van der Waals surface area contributed by atoms with Gasteiger partial charge in [0.25, 0.3) is 0 Å². The summed E-state index contributed by atoms with van der Waals surface area (Å²) in [5.74, 6) is 6.48. The maximum absolute atomic E-state index is 13.0. The van der Waals surface area contributed by atoms with Crippen molar-refractivity contribution in [2.45, 2.75) is 93.2 Å². The Bertz CT molecular complexity index is 923. The zero-order valence-electron chi connectivity index (χ0n) is 24.3. The van der Waals surface area contributed by atoms with Crippen molar-refractivity contribution in [2.24, 2.45) is 5.92 Å². The fourth-order valence-corrected chi connectivity index (χ4v) is 8.17. The molecule has 9 atom stereocenters. The fraction of sp³-hybridized carbons (Fsp3) is 0.821. The van der Waals surface area contributed by atoms with E-state index in [0.29, 0.717) is 25.9 Å². The molecule has 39 heavy (non-hydrogen) atoms. The van der Waals surface area contributed by atoms with Gasteiger partial charge in [-0.3, -0.25) is 31.0 Å². The Hall–Kier alpha value is -0.950. The minimum absolute atomic E-state index is 0.0157. The predicted molar refractivity (Wildman–Crippen MR) is 161 cm³/mol. The summed E-state index contributed by atoms with van der Waals surface area (Å²) in [5.41, 5.74) is 0.179. The van der Waals surface area contributed by atoms with Crippen LogP contribution >= 0.6 is 18.7 Å². The maximum atomic E-state index is 13.0. The molecule has 0 aromatic carbocycles. The largest absolute Gasteiger partial charge is 0.380 e. The van der Waals surface area contributed by atoms with Gasteiger partial charge in [-0.25, -0.2) is 0 Å². The number of carbonyl (C=O) groups excluding carboxylic acids is 1. The molecule has 1 saturated heterocycles. The number of ether oxygens (including phenoxy) is 1. The number of amides is 1. The summed E-state index contributed by atoms with van der Waals surface area (Å²) in [6.07, 6.45) is 6.57. The van der Waals surface area contributed by atoms with E-state index in [4.69, 9.17) is 16.3 Å². The average molecular weight is 585 g/mol.